The van der Waals surface area contributed by atoms with E-state index in [2.05, 4.69) is 0 Å². The summed E-state index contributed by atoms with van der Waals surface area (Å²) in [6.45, 7) is 5.94. The van der Waals surface area contributed by atoms with Crippen LogP contribution in [-0.4, -0.2) is 68.5 Å². The molecule has 4 rings (SSSR count). The standard InChI is InChI=1S/C27H36FNO7/c1-5-18(30)22(34)23(35)27(36)13(2)8-17-16-7-6-14-9-19(31)15(20(32)12-29)10-24(14,3)26(16,28)21(33)11-25(17,27)4/h9-10,13,16-17,21-22,33-34,36H,5-8,11-12,29H2,1-4H3/t13-,16+,17+,21+,22?,24+,25+,26+,27+/m1/s1. The molecule has 0 radical (unpaired) electrons. The highest BCUT2D eigenvalue weighted by Gasteiger charge is 2.76. The lowest BCUT2D eigenvalue weighted by molar-refractivity contribution is -0.221. The molecule has 36 heavy (non-hydrogen) atoms. The Morgan fingerprint density at radius 2 is 1.89 bits per heavy atom. The molecule has 0 aromatic carbocycles. The maximum absolute atomic E-state index is 17.5. The average Bonchev–Trinajstić information content (AvgIpc) is 3.04. The first-order valence-corrected chi connectivity index (χ1v) is 12.7. The van der Waals surface area contributed by atoms with Gasteiger partial charge in [-0.3, -0.25) is 19.2 Å². The summed E-state index contributed by atoms with van der Waals surface area (Å²) in [5.41, 5.74) is -1.43. The quantitative estimate of drug-likeness (QED) is 0.309. The first-order chi connectivity index (χ1) is 16.6. The van der Waals surface area contributed by atoms with Gasteiger partial charge in [0.1, 0.15) is 5.60 Å². The first-order valence-electron chi connectivity index (χ1n) is 12.7. The summed E-state index contributed by atoms with van der Waals surface area (Å²) in [6.07, 6.45) is -0.570. The molecule has 1 unspecified atom stereocenters. The van der Waals surface area contributed by atoms with E-state index in [1.807, 2.05) is 0 Å². The van der Waals surface area contributed by atoms with Crippen LogP contribution in [0.3, 0.4) is 0 Å². The van der Waals surface area contributed by atoms with Crippen LogP contribution in [0.25, 0.3) is 0 Å². The van der Waals surface area contributed by atoms with E-state index in [9.17, 15) is 34.5 Å². The summed E-state index contributed by atoms with van der Waals surface area (Å²) in [5, 5.41) is 33.7. The monoisotopic (exact) mass is 505 g/mol. The Morgan fingerprint density at radius 3 is 2.47 bits per heavy atom. The van der Waals surface area contributed by atoms with Crippen LogP contribution in [0.1, 0.15) is 59.8 Å². The fourth-order valence-electron chi connectivity index (χ4n) is 8.04. The number of nitrogens with two attached hydrogens (primary N) is 1. The molecule has 0 aromatic rings. The molecule has 3 saturated carbocycles. The van der Waals surface area contributed by atoms with Crippen LogP contribution < -0.4 is 5.73 Å². The zero-order chi connectivity index (χ0) is 27.0. The molecule has 0 spiro atoms. The number of hydrogen-bond donors (Lipinski definition) is 4. The van der Waals surface area contributed by atoms with Crippen molar-refractivity contribution in [3.05, 3.63) is 23.3 Å². The third-order valence-corrected chi connectivity index (χ3v) is 10.1. The van der Waals surface area contributed by atoms with Crippen LogP contribution >= 0.6 is 0 Å². The maximum Gasteiger partial charge on any atom is 0.201 e. The number of Topliss-reactive ketones (excluding diaryl/α,β-unsaturated/α-hetero) is 3. The number of halogens is 1. The zero-order valence-corrected chi connectivity index (χ0v) is 21.2. The van der Waals surface area contributed by atoms with Gasteiger partial charge in [-0.15, -0.1) is 0 Å². The van der Waals surface area contributed by atoms with Crippen LogP contribution in [0.5, 0.6) is 0 Å². The minimum atomic E-state index is -2.28. The summed E-state index contributed by atoms with van der Waals surface area (Å²) >= 11 is 0. The van der Waals surface area contributed by atoms with Gasteiger partial charge < -0.3 is 21.1 Å². The number of aliphatic hydroxyl groups excluding tert-OH is 2. The molecule has 3 fully saturated rings. The summed E-state index contributed by atoms with van der Waals surface area (Å²) < 4.78 is 17.5. The van der Waals surface area contributed by atoms with E-state index in [1.54, 1.807) is 20.8 Å². The number of alkyl halides is 1. The molecule has 9 heteroatoms. The van der Waals surface area contributed by atoms with Crippen LogP contribution in [0.15, 0.2) is 23.3 Å². The van der Waals surface area contributed by atoms with Crippen molar-refractivity contribution in [1.29, 1.82) is 0 Å². The van der Waals surface area contributed by atoms with E-state index >= 15 is 4.39 Å². The van der Waals surface area contributed by atoms with Crippen LogP contribution in [0.4, 0.5) is 4.39 Å². The zero-order valence-electron chi connectivity index (χ0n) is 21.2. The molecule has 198 valence electrons. The average molecular weight is 506 g/mol. The molecule has 0 aromatic heterocycles. The molecule has 9 atom stereocenters. The van der Waals surface area contributed by atoms with Gasteiger partial charge in [-0.1, -0.05) is 32.4 Å². The molecule has 8 nitrogen and oxygen atoms in total. The minimum Gasteiger partial charge on any atom is -0.390 e. The first kappa shape index (κ1) is 27.0. The third kappa shape index (κ3) is 3.12. The maximum atomic E-state index is 17.5. The van der Waals surface area contributed by atoms with Gasteiger partial charge in [0.05, 0.1) is 18.2 Å². The van der Waals surface area contributed by atoms with Gasteiger partial charge in [-0.05, 0) is 50.5 Å². The van der Waals surface area contributed by atoms with E-state index in [0.29, 0.717) is 12.0 Å². The molecule has 0 heterocycles. The van der Waals surface area contributed by atoms with Crippen molar-refractivity contribution in [2.45, 2.75) is 83.3 Å². The number of aliphatic hydroxyl groups is 3. The molecule has 0 aliphatic heterocycles. The molecular weight excluding hydrogens is 469 g/mol. The lowest BCUT2D eigenvalue weighted by Gasteiger charge is -2.62. The SMILES string of the molecule is CCC(=O)C(O)C(=O)[C@@]1(O)[C@H](C)C[C@H]2[C@@H]3CCC4=CC(=O)C(C(=O)CN)=C[C@]4(C)[C@@]3(F)[C@@H](O)C[C@@]21C. The minimum absolute atomic E-state index is 0.0846. The smallest absolute Gasteiger partial charge is 0.201 e. The number of ketones is 4. The Kier molecular flexibility index (Phi) is 6.35. The van der Waals surface area contributed by atoms with Gasteiger partial charge in [0, 0.05) is 23.2 Å². The van der Waals surface area contributed by atoms with E-state index in [0.717, 1.165) is 0 Å². The van der Waals surface area contributed by atoms with Crippen LogP contribution in [-0.2, 0) is 19.2 Å². The van der Waals surface area contributed by atoms with Crippen molar-refractivity contribution in [3.8, 4) is 0 Å². The molecule has 4 aliphatic rings. The number of rotatable bonds is 6. The Balaban J connectivity index is 1.82. The highest BCUT2D eigenvalue weighted by molar-refractivity contribution is 6.25. The molecular formula is C27H36FNO7. The lowest BCUT2D eigenvalue weighted by Crippen LogP contribution is -2.70. The van der Waals surface area contributed by atoms with Crippen molar-refractivity contribution < 1.29 is 38.9 Å². The predicted octanol–water partition coefficient (Wildman–Crippen LogP) is 1.14. The Labute approximate surface area is 209 Å². The number of allylic oxidation sites excluding steroid dienone is 3. The largest absolute Gasteiger partial charge is 0.390 e. The van der Waals surface area contributed by atoms with Gasteiger partial charge in [0.2, 0.25) is 5.78 Å². The van der Waals surface area contributed by atoms with E-state index in [-0.39, 0.29) is 31.3 Å². The van der Waals surface area contributed by atoms with E-state index in [1.165, 1.54) is 19.1 Å². The third-order valence-electron chi connectivity index (χ3n) is 10.1. The highest BCUT2D eigenvalue weighted by Crippen LogP contribution is 2.71. The second-order valence-corrected chi connectivity index (χ2v) is 11.6. The van der Waals surface area contributed by atoms with Crippen molar-refractivity contribution in [3.63, 3.8) is 0 Å². The van der Waals surface area contributed by atoms with Crippen molar-refractivity contribution in [2.75, 3.05) is 6.54 Å². The Hall–Kier alpha value is -2.07. The predicted molar refractivity (Wildman–Crippen MR) is 127 cm³/mol. The normalized spacial score (nSPS) is 44.5. The van der Waals surface area contributed by atoms with Crippen molar-refractivity contribution >= 4 is 23.1 Å². The number of carbonyl (C=O) groups is 4. The fourth-order valence-corrected chi connectivity index (χ4v) is 8.04. The van der Waals surface area contributed by atoms with Crippen LogP contribution in [0, 0.1) is 28.6 Å². The topological polar surface area (TPSA) is 155 Å². The molecule has 0 amide bonds. The van der Waals surface area contributed by atoms with Crippen LogP contribution in [0.2, 0.25) is 0 Å². The second kappa shape index (κ2) is 8.48. The summed E-state index contributed by atoms with van der Waals surface area (Å²) in [4.78, 5) is 50.5. The molecule has 0 saturated heterocycles. The molecule has 0 bridgehead atoms. The number of hydrogen-bond acceptors (Lipinski definition) is 8. The van der Waals surface area contributed by atoms with Gasteiger partial charge in [0.25, 0.3) is 0 Å². The highest BCUT2D eigenvalue weighted by atomic mass is 19.1. The number of carbonyl (C=O) groups excluding carboxylic acids is 4. The lowest BCUT2D eigenvalue weighted by atomic mass is 9.44. The van der Waals surface area contributed by atoms with Crippen molar-refractivity contribution in [2.24, 2.45) is 34.3 Å². The summed E-state index contributed by atoms with van der Waals surface area (Å²) in [7, 11) is 0. The summed E-state index contributed by atoms with van der Waals surface area (Å²) in [6, 6.07) is 0. The van der Waals surface area contributed by atoms with Gasteiger partial charge in [-0.25, -0.2) is 4.39 Å². The number of fused-ring (bicyclic) bond motifs is 5. The fraction of sp³-hybridized carbons (Fsp3) is 0.704. The Bertz CT molecular complexity index is 1100. The van der Waals surface area contributed by atoms with Gasteiger partial charge in [0.15, 0.2) is 29.1 Å². The van der Waals surface area contributed by atoms with Gasteiger partial charge >= 0.3 is 0 Å². The van der Waals surface area contributed by atoms with E-state index in [4.69, 9.17) is 5.73 Å². The second-order valence-electron chi connectivity index (χ2n) is 11.6. The molecule has 4 aliphatic carbocycles. The summed E-state index contributed by atoms with van der Waals surface area (Å²) in [5.74, 6) is -4.92. The van der Waals surface area contributed by atoms with Gasteiger partial charge in [-0.2, -0.15) is 0 Å². The van der Waals surface area contributed by atoms with Crippen molar-refractivity contribution in [1.82, 2.24) is 0 Å². The molecule has 5 N–H and O–H groups in total. The van der Waals surface area contributed by atoms with E-state index < -0.39 is 81.7 Å². The Morgan fingerprint density at radius 1 is 1.25 bits per heavy atom.